The lowest BCUT2D eigenvalue weighted by Crippen LogP contribution is -2.47. The summed E-state index contributed by atoms with van der Waals surface area (Å²) in [4.78, 5) is 26.6. The number of nitrogens with zero attached hydrogens (tertiary/aromatic N) is 2. The van der Waals surface area contributed by atoms with Gasteiger partial charge >= 0.3 is 0 Å². The van der Waals surface area contributed by atoms with Crippen LogP contribution in [0.15, 0.2) is 64.3 Å². The van der Waals surface area contributed by atoms with Crippen molar-refractivity contribution in [3.8, 4) is 22.8 Å². The fourth-order valence-electron chi connectivity index (χ4n) is 3.14. The van der Waals surface area contributed by atoms with Crippen LogP contribution in [-0.4, -0.2) is 28.7 Å². The SMILES string of the molecule is CSc1ccccc1NC(=O)C(C)(C)n1nc(-c2ccc3c(c2)OCO3)ccc1=O. The maximum absolute atomic E-state index is 13.1. The molecule has 1 aromatic heterocycles. The Labute approximate surface area is 178 Å². The molecule has 30 heavy (non-hydrogen) atoms. The summed E-state index contributed by atoms with van der Waals surface area (Å²) in [5.41, 5.74) is 0.436. The lowest BCUT2D eigenvalue weighted by atomic mass is 10.0. The van der Waals surface area contributed by atoms with Crippen molar-refractivity contribution in [2.24, 2.45) is 0 Å². The molecule has 154 valence electrons. The molecule has 0 spiro atoms. The number of aromatic nitrogens is 2. The average molecular weight is 423 g/mol. The highest BCUT2D eigenvalue weighted by Crippen LogP contribution is 2.35. The van der Waals surface area contributed by atoms with E-state index in [1.54, 1.807) is 32.0 Å². The van der Waals surface area contributed by atoms with E-state index < -0.39 is 5.54 Å². The van der Waals surface area contributed by atoms with Crippen LogP contribution in [0.1, 0.15) is 13.8 Å². The fourth-order valence-corrected chi connectivity index (χ4v) is 3.69. The third kappa shape index (κ3) is 3.66. The first-order valence-electron chi connectivity index (χ1n) is 9.35. The van der Waals surface area contributed by atoms with E-state index in [0.29, 0.717) is 22.9 Å². The molecule has 1 aliphatic heterocycles. The van der Waals surface area contributed by atoms with Gasteiger partial charge in [0.25, 0.3) is 11.5 Å². The van der Waals surface area contributed by atoms with Gasteiger partial charge in [-0.2, -0.15) is 5.10 Å². The average Bonchev–Trinajstić information content (AvgIpc) is 3.22. The van der Waals surface area contributed by atoms with Crippen molar-refractivity contribution in [1.29, 1.82) is 0 Å². The molecule has 2 heterocycles. The molecule has 7 nitrogen and oxygen atoms in total. The van der Waals surface area contributed by atoms with Crippen LogP contribution in [0.4, 0.5) is 5.69 Å². The highest BCUT2D eigenvalue weighted by molar-refractivity contribution is 7.98. The van der Waals surface area contributed by atoms with Crippen LogP contribution in [0.3, 0.4) is 0 Å². The van der Waals surface area contributed by atoms with Crippen LogP contribution in [0, 0.1) is 0 Å². The quantitative estimate of drug-likeness (QED) is 0.630. The van der Waals surface area contributed by atoms with Crippen molar-refractivity contribution in [1.82, 2.24) is 9.78 Å². The normalized spacial score (nSPS) is 12.6. The molecule has 2 aromatic carbocycles. The number of rotatable bonds is 5. The number of benzene rings is 2. The summed E-state index contributed by atoms with van der Waals surface area (Å²) in [5.74, 6) is 0.957. The molecule has 0 radical (unpaired) electrons. The first-order valence-corrected chi connectivity index (χ1v) is 10.6. The zero-order valence-corrected chi connectivity index (χ0v) is 17.7. The molecule has 0 unspecified atom stereocenters. The number of nitrogens with one attached hydrogen (secondary N) is 1. The van der Waals surface area contributed by atoms with Crippen molar-refractivity contribution in [3.63, 3.8) is 0 Å². The molecule has 0 saturated carbocycles. The van der Waals surface area contributed by atoms with Crippen LogP contribution >= 0.6 is 11.8 Å². The van der Waals surface area contributed by atoms with E-state index >= 15 is 0 Å². The minimum absolute atomic E-state index is 0.177. The van der Waals surface area contributed by atoms with Gasteiger partial charge in [0.05, 0.1) is 11.4 Å². The Morgan fingerprint density at radius 2 is 1.87 bits per heavy atom. The van der Waals surface area contributed by atoms with Crippen molar-refractivity contribution in [2.45, 2.75) is 24.3 Å². The van der Waals surface area contributed by atoms with Crippen LogP contribution in [0.2, 0.25) is 0 Å². The number of fused-ring (bicyclic) bond motifs is 1. The third-order valence-electron chi connectivity index (χ3n) is 4.91. The molecular formula is C22H21N3O4S. The van der Waals surface area contributed by atoms with E-state index in [1.807, 2.05) is 36.6 Å². The number of hydrogen-bond donors (Lipinski definition) is 1. The van der Waals surface area contributed by atoms with Gasteiger partial charge in [-0.1, -0.05) is 12.1 Å². The smallest absolute Gasteiger partial charge is 0.267 e. The van der Waals surface area contributed by atoms with Gasteiger partial charge in [-0.05, 0) is 56.5 Å². The second-order valence-corrected chi connectivity index (χ2v) is 8.10. The molecule has 0 bridgehead atoms. The minimum atomic E-state index is -1.21. The fraction of sp³-hybridized carbons (Fsp3) is 0.227. The summed E-state index contributed by atoms with van der Waals surface area (Å²) < 4.78 is 12.0. The van der Waals surface area contributed by atoms with Gasteiger partial charge in [-0.25, -0.2) is 4.68 Å². The molecule has 0 fully saturated rings. The minimum Gasteiger partial charge on any atom is -0.454 e. The zero-order chi connectivity index (χ0) is 21.3. The Balaban J connectivity index is 1.67. The molecule has 0 atom stereocenters. The number of para-hydroxylation sites is 1. The topological polar surface area (TPSA) is 82.5 Å². The maximum Gasteiger partial charge on any atom is 0.267 e. The largest absolute Gasteiger partial charge is 0.454 e. The standard InChI is InChI=1S/C22H21N3O4S/c1-22(2,21(27)23-16-6-4-5-7-19(16)30-3)25-20(26)11-9-15(24-25)14-8-10-17-18(12-14)29-13-28-17/h4-12H,13H2,1-3H3,(H,23,27). The number of amides is 1. The predicted molar refractivity (Wildman–Crippen MR) is 116 cm³/mol. The highest BCUT2D eigenvalue weighted by Gasteiger charge is 2.33. The van der Waals surface area contributed by atoms with E-state index in [9.17, 15) is 9.59 Å². The number of carbonyl (C=O) groups excluding carboxylic acids is 1. The van der Waals surface area contributed by atoms with Crippen LogP contribution in [0.5, 0.6) is 11.5 Å². The number of thioether (sulfide) groups is 1. The summed E-state index contributed by atoms with van der Waals surface area (Å²) in [7, 11) is 0. The van der Waals surface area contributed by atoms with Crippen LogP contribution in [0.25, 0.3) is 11.3 Å². The van der Waals surface area contributed by atoms with Gasteiger partial charge in [0.1, 0.15) is 5.54 Å². The van der Waals surface area contributed by atoms with Crippen molar-refractivity contribution in [2.75, 3.05) is 18.4 Å². The van der Waals surface area contributed by atoms with Gasteiger partial charge in [0.15, 0.2) is 11.5 Å². The van der Waals surface area contributed by atoms with Gasteiger partial charge in [0.2, 0.25) is 6.79 Å². The molecule has 8 heteroatoms. The summed E-state index contributed by atoms with van der Waals surface area (Å²) in [6, 6.07) is 16.0. The van der Waals surface area contributed by atoms with E-state index in [2.05, 4.69) is 10.4 Å². The molecule has 1 aliphatic rings. The van der Waals surface area contributed by atoms with Crippen molar-refractivity contribution < 1.29 is 14.3 Å². The van der Waals surface area contributed by atoms with Gasteiger partial charge in [0, 0.05) is 16.5 Å². The van der Waals surface area contributed by atoms with Crippen LogP contribution in [-0.2, 0) is 10.3 Å². The van der Waals surface area contributed by atoms with E-state index in [4.69, 9.17) is 9.47 Å². The molecule has 1 amide bonds. The molecular weight excluding hydrogens is 402 g/mol. The number of ether oxygens (including phenoxy) is 2. The van der Waals surface area contributed by atoms with Gasteiger partial charge in [-0.3, -0.25) is 9.59 Å². The number of anilines is 1. The summed E-state index contributed by atoms with van der Waals surface area (Å²) in [6.07, 6.45) is 1.94. The summed E-state index contributed by atoms with van der Waals surface area (Å²) >= 11 is 1.54. The zero-order valence-electron chi connectivity index (χ0n) is 16.8. The number of hydrogen-bond acceptors (Lipinski definition) is 6. The number of carbonyl (C=O) groups is 1. The second kappa shape index (κ2) is 7.87. The summed E-state index contributed by atoms with van der Waals surface area (Å²) in [6.45, 7) is 3.51. The van der Waals surface area contributed by atoms with Gasteiger partial charge in [-0.15, -0.1) is 11.8 Å². The van der Waals surface area contributed by atoms with E-state index in [1.165, 1.54) is 22.5 Å². The van der Waals surface area contributed by atoms with Gasteiger partial charge < -0.3 is 14.8 Å². The molecule has 4 rings (SSSR count). The Hall–Kier alpha value is -3.26. The Morgan fingerprint density at radius 1 is 1.10 bits per heavy atom. The van der Waals surface area contributed by atoms with Crippen molar-refractivity contribution in [3.05, 3.63) is 65.0 Å². The van der Waals surface area contributed by atoms with Crippen molar-refractivity contribution >= 4 is 23.4 Å². The Morgan fingerprint density at radius 3 is 2.67 bits per heavy atom. The monoisotopic (exact) mass is 423 g/mol. The van der Waals surface area contributed by atoms with E-state index in [0.717, 1.165) is 10.5 Å². The highest BCUT2D eigenvalue weighted by atomic mass is 32.2. The lowest BCUT2D eigenvalue weighted by Gasteiger charge is -2.26. The summed E-state index contributed by atoms with van der Waals surface area (Å²) in [5, 5.41) is 7.41. The maximum atomic E-state index is 13.1. The molecule has 0 saturated heterocycles. The first kappa shape index (κ1) is 20.0. The second-order valence-electron chi connectivity index (χ2n) is 7.25. The first-order chi connectivity index (χ1) is 14.4. The molecule has 1 N–H and O–H groups in total. The third-order valence-corrected chi connectivity index (χ3v) is 5.70. The Kier molecular flexibility index (Phi) is 5.26. The van der Waals surface area contributed by atoms with Crippen LogP contribution < -0.4 is 20.3 Å². The van der Waals surface area contributed by atoms with E-state index in [-0.39, 0.29) is 18.3 Å². The predicted octanol–water partition coefficient (Wildman–Crippen LogP) is 3.73. The molecule has 3 aromatic rings. The molecule has 0 aliphatic carbocycles. The lowest BCUT2D eigenvalue weighted by molar-refractivity contribution is -0.123. The Bertz CT molecular complexity index is 1170.